The van der Waals surface area contributed by atoms with Crippen molar-refractivity contribution in [3.05, 3.63) is 52.3 Å². The van der Waals surface area contributed by atoms with Gasteiger partial charge in [0, 0.05) is 37.7 Å². The average Bonchev–Trinajstić information content (AvgIpc) is 3.23. The van der Waals surface area contributed by atoms with E-state index in [1.165, 1.54) is 5.56 Å². The molecular formula is C23H28N4O3. The van der Waals surface area contributed by atoms with E-state index in [0.717, 1.165) is 41.5 Å². The van der Waals surface area contributed by atoms with Crippen molar-refractivity contribution < 1.29 is 14.1 Å². The molecule has 0 N–H and O–H groups in total. The molecule has 1 fully saturated rings. The minimum atomic E-state index is 0.0394. The van der Waals surface area contributed by atoms with Crippen LogP contribution in [0.2, 0.25) is 0 Å². The Balaban J connectivity index is 1.59. The van der Waals surface area contributed by atoms with Crippen molar-refractivity contribution in [2.24, 2.45) is 0 Å². The fraction of sp³-hybridized carbons (Fsp3) is 0.478. The third-order valence-corrected chi connectivity index (χ3v) is 5.94. The molecule has 3 heterocycles. The average molecular weight is 409 g/mol. The molecule has 1 aromatic carbocycles. The molecule has 1 amide bonds. The summed E-state index contributed by atoms with van der Waals surface area (Å²) in [5.74, 6) is 1.36. The highest BCUT2D eigenvalue weighted by atomic mass is 16.5. The highest BCUT2D eigenvalue weighted by Gasteiger charge is 2.30. The Labute approximate surface area is 176 Å². The van der Waals surface area contributed by atoms with Crippen LogP contribution in [-0.4, -0.2) is 52.7 Å². The van der Waals surface area contributed by atoms with Crippen LogP contribution in [0, 0.1) is 20.8 Å². The summed E-state index contributed by atoms with van der Waals surface area (Å²) in [7, 11) is 1.65. The molecule has 7 heteroatoms. The fourth-order valence-electron chi connectivity index (χ4n) is 4.10. The second-order valence-electron chi connectivity index (χ2n) is 8.10. The Bertz CT molecular complexity index is 1080. The molecule has 1 saturated heterocycles. The van der Waals surface area contributed by atoms with Crippen LogP contribution in [0.15, 0.2) is 22.7 Å². The first-order chi connectivity index (χ1) is 14.5. The zero-order valence-corrected chi connectivity index (χ0v) is 18.1. The number of ether oxygens (including phenoxy) is 1. The molecule has 1 unspecified atom stereocenters. The van der Waals surface area contributed by atoms with Gasteiger partial charge in [0.05, 0.1) is 23.6 Å². The predicted molar refractivity (Wildman–Crippen MR) is 114 cm³/mol. The SMILES string of the molecule is COCCc1noc(C2CCCN(C(=O)c3cc(C)nc4c(C)c(C)ccc34)C2)n1. The van der Waals surface area contributed by atoms with Gasteiger partial charge in [0.2, 0.25) is 5.89 Å². The van der Waals surface area contributed by atoms with E-state index >= 15 is 0 Å². The zero-order valence-electron chi connectivity index (χ0n) is 18.1. The first kappa shape index (κ1) is 20.5. The number of methoxy groups -OCH3 is 1. The number of aryl methyl sites for hydroxylation is 3. The van der Waals surface area contributed by atoms with E-state index in [0.29, 0.717) is 36.9 Å². The molecule has 1 aliphatic heterocycles. The Morgan fingerprint density at radius 3 is 2.90 bits per heavy atom. The molecule has 1 atom stereocenters. The Morgan fingerprint density at radius 1 is 1.27 bits per heavy atom. The summed E-state index contributed by atoms with van der Waals surface area (Å²) in [4.78, 5) is 24.6. The molecule has 0 spiro atoms. The van der Waals surface area contributed by atoms with Crippen molar-refractivity contribution in [1.82, 2.24) is 20.0 Å². The van der Waals surface area contributed by atoms with Gasteiger partial charge in [-0.3, -0.25) is 9.78 Å². The molecule has 0 saturated carbocycles. The molecule has 4 rings (SSSR count). The largest absolute Gasteiger partial charge is 0.384 e. The van der Waals surface area contributed by atoms with Crippen molar-refractivity contribution in [2.45, 2.75) is 46.0 Å². The molecule has 158 valence electrons. The number of amides is 1. The normalized spacial score (nSPS) is 16.9. The lowest BCUT2D eigenvalue weighted by Gasteiger charge is -2.31. The van der Waals surface area contributed by atoms with E-state index in [-0.39, 0.29) is 11.8 Å². The highest BCUT2D eigenvalue weighted by Crippen LogP contribution is 2.29. The van der Waals surface area contributed by atoms with E-state index < -0.39 is 0 Å². The monoisotopic (exact) mass is 408 g/mol. The minimum Gasteiger partial charge on any atom is -0.384 e. The van der Waals surface area contributed by atoms with Gasteiger partial charge in [-0.2, -0.15) is 4.98 Å². The number of aromatic nitrogens is 3. The van der Waals surface area contributed by atoms with Crippen molar-refractivity contribution in [1.29, 1.82) is 0 Å². The number of benzene rings is 1. The first-order valence-electron chi connectivity index (χ1n) is 10.5. The van der Waals surface area contributed by atoms with E-state index in [4.69, 9.17) is 14.2 Å². The predicted octanol–water partition coefficient (Wildman–Crippen LogP) is 3.75. The summed E-state index contributed by atoms with van der Waals surface area (Å²) in [6, 6.07) is 5.97. The number of carbonyl (C=O) groups is 1. The van der Waals surface area contributed by atoms with E-state index in [9.17, 15) is 4.79 Å². The molecule has 0 radical (unpaired) electrons. The quantitative estimate of drug-likeness (QED) is 0.639. The number of hydrogen-bond donors (Lipinski definition) is 0. The maximum atomic E-state index is 13.5. The lowest BCUT2D eigenvalue weighted by Crippen LogP contribution is -2.39. The van der Waals surface area contributed by atoms with E-state index in [1.54, 1.807) is 7.11 Å². The molecule has 3 aromatic rings. The van der Waals surface area contributed by atoms with E-state index in [1.807, 2.05) is 24.0 Å². The van der Waals surface area contributed by atoms with Crippen LogP contribution in [0.1, 0.15) is 57.7 Å². The minimum absolute atomic E-state index is 0.0394. The van der Waals surface area contributed by atoms with Gasteiger partial charge < -0.3 is 14.2 Å². The van der Waals surface area contributed by atoms with Crippen LogP contribution in [-0.2, 0) is 11.2 Å². The maximum absolute atomic E-state index is 13.5. The Kier molecular flexibility index (Phi) is 5.81. The van der Waals surface area contributed by atoms with Gasteiger partial charge in [-0.25, -0.2) is 0 Å². The summed E-state index contributed by atoms with van der Waals surface area (Å²) in [5, 5.41) is 4.96. The molecule has 0 bridgehead atoms. The molecule has 7 nitrogen and oxygen atoms in total. The molecular weight excluding hydrogens is 380 g/mol. The molecule has 0 aliphatic carbocycles. The number of hydrogen-bond acceptors (Lipinski definition) is 6. The lowest BCUT2D eigenvalue weighted by molar-refractivity contribution is 0.0697. The van der Waals surface area contributed by atoms with Gasteiger partial charge in [0.1, 0.15) is 0 Å². The van der Waals surface area contributed by atoms with Crippen LogP contribution in [0.4, 0.5) is 0 Å². The second kappa shape index (κ2) is 8.52. The van der Waals surface area contributed by atoms with Crippen molar-refractivity contribution in [3.63, 3.8) is 0 Å². The second-order valence-corrected chi connectivity index (χ2v) is 8.10. The summed E-state index contributed by atoms with van der Waals surface area (Å²) in [5.41, 5.74) is 4.78. The fourth-order valence-corrected chi connectivity index (χ4v) is 4.10. The summed E-state index contributed by atoms with van der Waals surface area (Å²) in [6.45, 7) is 7.94. The summed E-state index contributed by atoms with van der Waals surface area (Å²) >= 11 is 0. The Morgan fingerprint density at radius 2 is 2.10 bits per heavy atom. The van der Waals surface area contributed by atoms with Crippen molar-refractivity contribution in [2.75, 3.05) is 26.8 Å². The third kappa shape index (κ3) is 3.94. The third-order valence-electron chi connectivity index (χ3n) is 5.94. The Hall–Kier alpha value is -2.80. The first-order valence-corrected chi connectivity index (χ1v) is 10.5. The summed E-state index contributed by atoms with van der Waals surface area (Å²) in [6.07, 6.45) is 2.47. The highest BCUT2D eigenvalue weighted by molar-refractivity contribution is 6.07. The van der Waals surface area contributed by atoms with Crippen LogP contribution < -0.4 is 0 Å². The maximum Gasteiger partial charge on any atom is 0.254 e. The number of fused-ring (bicyclic) bond motifs is 1. The van der Waals surface area contributed by atoms with Crippen LogP contribution in [0.25, 0.3) is 10.9 Å². The molecule has 1 aliphatic rings. The van der Waals surface area contributed by atoms with Gasteiger partial charge in [0.25, 0.3) is 5.91 Å². The van der Waals surface area contributed by atoms with Gasteiger partial charge in [0.15, 0.2) is 5.82 Å². The lowest BCUT2D eigenvalue weighted by atomic mass is 9.96. The van der Waals surface area contributed by atoms with Crippen LogP contribution in [0.5, 0.6) is 0 Å². The van der Waals surface area contributed by atoms with Gasteiger partial charge >= 0.3 is 0 Å². The van der Waals surface area contributed by atoms with Crippen LogP contribution >= 0.6 is 0 Å². The molecule has 2 aromatic heterocycles. The van der Waals surface area contributed by atoms with Gasteiger partial charge in [-0.1, -0.05) is 17.3 Å². The smallest absolute Gasteiger partial charge is 0.254 e. The number of pyridine rings is 1. The standard InChI is InChI=1S/C23H28N4O3/c1-14-7-8-18-19(12-15(2)24-21(18)16(14)3)23(28)27-10-5-6-17(13-27)22-25-20(26-30-22)9-11-29-4/h7-8,12,17H,5-6,9-11,13H2,1-4H3. The summed E-state index contributed by atoms with van der Waals surface area (Å²) < 4.78 is 10.6. The topological polar surface area (TPSA) is 81.4 Å². The number of rotatable bonds is 5. The zero-order chi connectivity index (χ0) is 21.3. The number of nitrogens with zero attached hydrogens (tertiary/aromatic N) is 4. The van der Waals surface area contributed by atoms with Crippen molar-refractivity contribution in [3.8, 4) is 0 Å². The number of likely N-dealkylation sites (tertiary alicyclic amines) is 1. The van der Waals surface area contributed by atoms with Gasteiger partial charge in [-0.15, -0.1) is 0 Å². The van der Waals surface area contributed by atoms with Crippen LogP contribution in [0.3, 0.4) is 0 Å². The van der Waals surface area contributed by atoms with Gasteiger partial charge in [-0.05, 0) is 50.8 Å². The number of piperidine rings is 1. The molecule has 30 heavy (non-hydrogen) atoms. The van der Waals surface area contributed by atoms with E-state index in [2.05, 4.69) is 30.1 Å². The van der Waals surface area contributed by atoms with Crippen molar-refractivity contribution >= 4 is 16.8 Å². The number of carbonyl (C=O) groups excluding carboxylic acids is 1.